The maximum absolute atomic E-state index is 5.59. The zero-order valence-electron chi connectivity index (χ0n) is 7.99. The largest absolute Gasteiger partial charge is 0.330 e. The van der Waals surface area contributed by atoms with Crippen molar-refractivity contribution in [3.8, 4) is 0 Å². The van der Waals surface area contributed by atoms with E-state index in [0.29, 0.717) is 5.92 Å². The Morgan fingerprint density at radius 3 is 3.08 bits per heavy atom. The van der Waals surface area contributed by atoms with Crippen LogP contribution in [0.25, 0.3) is 0 Å². The molecule has 0 aliphatic carbocycles. The van der Waals surface area contributed by atoms with Crippen LogP contribution in [0.3, 0.4) is 0 Å². The third-order valence-corrected chi connectivity index (χ3v) is 2.88. The minimum atomic E-state index is 0.597. The topological polar surface area (TPSA) is 50.9 Å². The smallest absolute Gasteiger partial charge is 0.106 e. The summed E-state index contributed by atoms with van der Waals surface area (Å²) < 4.78 is 0. The number of hydrogen-bond acceptors (Lipinski definition) is 4. The average Bonchev–Trinajstić information content (AvgIpc) is 2.65. The molecule has 74 valence electrons. The lowest BCUT2D eigenvalue weighted by atomic mass is 10.1. The normalized spacial score (nSPS) is 13.1. The molecule has 0 saturated carbocycles. The first-order valence-electron chi connectivity index (χ1n) is 4.66. The van der Waals surface area contributed by atoms with Crippen LogP contribution >= 0.6 is 11.3 Å². The van der Waals surface area contributed by atoms with Gasteiger partial charge in [0.25, 0.3) is 0 Å². The van der Waals surface area contributed by atoms with Gasteiger partial charge in [0.1, 0.15) is 5.01 Å². The van der Waals surface area contributed by atoms with Crippen LogP contribution in [-0.4, -0.2) is 18.1 Å². The summed E-state index contributed by atoms with van der Waals surface area (Å²) in [6, 6.07) is 0. The number of nitrogens with two attached hydrogens (primary N) is 1. The zero-order chi connectivity index (χ0) is 9.52. The number of hydrogen-bond donors (Lipinski definition) is 2. The van der Waals surface area contributed by atoms with E-state index >= 15 is 0 Å². The second-order valence-electron chi connectivity index (χ2n) is 3.07. The first-order valence-corrected chi connectivity index (χ1v) is 5.54. The summed E-state index contributed by atoms with van der Waals surface area (Å²) in [5.74, 6) is 0.597. The summed E-state index contributed by atoms with van der Waals surface area (Å²) >= 11 is 1.68. The van der Waals surface area contributed by atoms with Gasteiger partial charge in [-0.15, -0.1) is 11.3 Å². The molecule has 1 unspecified atom stereocenters. The van der Waals surface area contributed by atoms with Gasteiger partial charge in [-0.25, -0.2) is 4.98 Å². The molecule has 0 bridgehead atoms. The standard InChI is InChI=1S/C9H17N3S/c1-2-8(5-10)6-11-7-9-12-3-4-13-9/h3-4,8,11H,2,5-7,10H2,1H3. The zero-order valence-corrected chi connectivity index (χ0v) is 8.81. The lowest BCUT2D eigenvalue weighted by Crippen LogP contribution is -2.27. The number of aromatic nitrogens is 1. The van der Waals surface area contributed by atoms with E-state index in [9.17, 15) is 0 Å². The van der Waals surface area contributed by atoms with Gasteiger partial charge in [-0.1, -0.05) is 13.3 Å². The van der Waals surface area contributed by atoms with Crippen molar-refractivity contribution in [3.05, 3.63) is 16.6 Å². The second kappa shape index (κ2) is 6.07. The van der Waals surface area contributed by atoms with Gasteiger partial charge in [-0.2, -0.15) is 0 Å². The van der Waals surface area contributed by atoms with E-state index in [1.54, 1.807) is 11.3 Å². The fraction of sp³-hybridized carbons (Fsp3) is 0.667. The average molecular weight is 199 g/mol. The highest BCUT2D eigenvalue weighted by molar-refractivity contribution is 7.09. The molecule has 1 aromatic rings. The highest BCUT2D eigenvalue weighted by atomic mass is 32.1. The molecule has 1 rings (SSSR count). The number of nitrogens with one attached hydrogen (secondary N) is 1. The van der Waals surface area contributed by atoms with Crippen LogP contribution in [0.15, 0.2) is 11.6 Å². The van der Waals surface area contributed by atoms with Gasteiger partial charge >= 0.3 is 0 Å². The first-order chi connectivity index (χ1) is 6.36. The second-order valence-corrected chi connectivity index (χ2v) is 4.05. The van der Waals surface area contributed by atoms with Crippen molar-refractivity contribution in [3.63, 3.8) is 0 Å². The lowest BCUT2D eigenvalue weighted by molar-refractivity contribution is 0.471. The summed E-state index contributed by atoms with van der Waals surface area (Å²) in [5.41, 5.74) is 5.59. The molecule has 3 N–H and O–H groups in total. The molecule has 1 heterocycles. The molecule has 0 saturated heterocycles. The lowest BCUT2D eigenvalue weighted by Gasteiger charge is -2.11. The number of rotatable bonds is 6. The van der Waals surface area contributed by atoms with E-state index in [0.717, 1.165) is 31.1 Å². The van der Waals surface area contributed by atoms with E-state index in [2.05, 4.69) is 17.2 Å². The van der Waals surface area contributed by atoms with E-state index in [-0.39, 0.29) is 0 Å². The predicted molar refractivity (Wildman–Crippen MR) is 56.7 cm³/mol. The molecule has 0 aliphatic rings. The summed E-state index contributed by atoms with van der Waals surface area (Å²) in [6.45, 7) is 4.80. The molecule has 0 aromatic carbocycles. The Hall–Kier alpha value is -0.450. The Labute approximate surface area is 83.4 Å². The molecular formula is C9H17N3S. The summed E-state index contributed by atoms with van der Waals surface area (Å²) in [6.07, 6.45) is 2.98. The SMILES string of the molecule is CCC(CN)CNCc1nccs1. The quantitative estimate of drug-likeness (QED) is 0.724. The van der Waals surface area contributed by atoms with Gasteiger partial charge in [-0.05, 0) is 19.0 Å². The van der Waals surface area contributed by atoms with Gasteiger partial charge < -0.3 is 11.1 Å². The Morgan fingerprint density at radius 2 is 2.54 bits per heavy atom. The van der Waals surface area contributed by atoms with Crippen molar-refractivity contribution in [2.24, 2.45) is 11.7 Å². The maximum Gasteiger partial charge on any atom is 0.106 e. The van der Waals surface area contributed by atoms with Crippen molar-refractivity contribution >= 4 is 11.3 Å². The van der Waals surface area contributed by atoms with Gasteiger partial charge in [0.15, 0.2) is 0 Å². The van der Waals surface area contributed by atoms with Crippen LogP contribution in [0, 0.1) is 5.92 Å². The molecule has 0 spiro atoms. The minimum Gasteiger partial charge on any atom is -0.330 e. The van der Waals surface area contributed by atoms with Crippen molar-refractivity contribution in [1.29, 1.82) is 0 Å². The Bertz CT molecular complexity index is 207. The van der Waals surface area contributed by atoms with Gasteiger partial charge in [0.2, 0.25) is 0 Å². The molecule has 1 aromatic heterocycles. The Balaban J connectivity index is 2.13. The van der Waals surface area contributed by atoms with E-state index in [1.165, 1.54) is 0 Å². The van der Waals surface area contributed by atoms with Crippen LogP contribution in [-0.2, 0) is 6.54 Å². The summed E-state index contributed by atoms with van der Waals surface area (Å²) in [4.78, 5) is 4.19. The van der Waals surface area contributed by atoms with Crippen LogP contribution in [0.4, 0.5) is 0 Å². The third-order valence-electron chi connectivity index (χ3n) is 2.10. The van der Waals surface area contributed by atoms with E-state index < -0.39 is 0 Å². The molecular weight excluding hydrogens is 182 g/mol. The fourth-order valence-electron chi connectivity index (χ4n) is 1.12. The maximum atomic E-state index is 5.59. The minimum absolute atomic E-state index is 0.597. The molecule has 0 fully saturated rings. The van der Waals surface area contributed by atoms with Gasteiger partial charge in [-0.3, -0.25) is 0 Å². The number of nitrogens with zero attached hydrogens (tertiary/aromatic N) is 1. The summed E-state index contributed by atoms with van der Waals surface area (Å²) in [5, 5.41) is 6.50. The van der Waals surface area contributed by atoms with Gasteiger partial charge in [0, 0.05) is 18.1 Å². The van der Waals surface area contributed by atoms with Crippen molar-refractivity contribution in [1.82, 2.24) is 10.3 Å². The highest BCUT2D eigenvalue weighted by Gasteiger charge is 2.02. The van der Waals surface area contributed by atoms with Crippen LogP contribution in [0.2, 0.25) is 0 Å². The van der Waals surface area contributed by atoms with Crippen molar-refractivity contribution < 1.29 is 0 Å². The number of thiazole rings is 1. The molecule has 4 heteroatoms. The van der Waals surface area contributed by atoms with Crippen LogP contribution in [0.1, 0.15) is 18.4 Å². The van der Waals surface area contributed by atoms with Crippen molar-refractivity contribution in [2.75, 3.05) is 13.1 Å². The van der Waals surface area contributed by atoms with Crippen LogP contribution in [0.5, 0.6) is 0 Å². The highest BCUT2D eigenvalue weighted by Crippen LogP contribution is 2.03. The van der Waals surface area contributed by atoms with Gasteiger partial charge in [0.05, 0.1) is 0 Å². The first kappa shape index (κ1) is 10.6. The Kier molecular flexibility index (Phi) is 4.97. The molecule has 0 aliphatic heterocycles. The summed E-state index contributed by atoms with van der Waals surface area (Å²) in [7, 11) is 0. The van der Waals surface area contributed by atoms with E-state index in [1.807, 2.05) is 11.6 Å². The van der Waals surface area contributed by atoms with E-state index in [4.69, 9.17) is 5.73 Å². The molecule has 0 amide bonds. The van der Waals surface area contributed by atoms with Crippen LogP contribution < -0.4 is 11.1 Å². The monoisotopic (exact) mass is 199 g/mol. The van der Waals surface area contributed by atoms with Crippen molar-refractivity contribution in [2.45, 2.75) is 19.9 Å². The third kappa shape index (κ3) is 3.85. The Morgan fingerprint density at radius 1 is 1.69 bits per heavy atom. The molecule has 13 heavy (non-hydrogen) atoms. The predicted octanol–water partition coefficient (Wildman–Crippen LogP) is 1.22. The molecule has 0 radical (unpaired) electrons. The molecule has 1 atom stereocenters. The molecule has 3 nitrogen and oxygen atoms in total. The fourth-order valence-corrected chi connectivity index (χ4v) is 1.70.